The first-order valence-electron chi connectivity index (χ1n) is 6.11. The molecule has 114 valence electrons. The van der Waals surface area contributed by atoms with Gasteiger partial charge in [-0.1, -0.05) is 17.4 Å². The molecule has 0 saturated carbocycles. The molecular formula is C13H13F3N2O2S. The molecule has 0 spiro atoms. The van der Waals surface area contributed by atoms with E-state index >= 15 is 0 Å². The molecule has 1 aromatic carbocycles. The summed E-state index contributed by atoms with van der Waals surface area (Å²) in [4.78, 5) is 23.1. The number of fused-ring (bicyclic) bond motifs is 1. The van der Waals surface area contributed by atoms with Crippen LogP contribution in [0, 0.1) is 0 Å². The van der Waals surface area contributed by atoms with Gasteiger partial charge in [-0.05, 0) is 24.1 Å². The first-order valence-corrected chi connectivity index (χ1v) is 6.92. The smallest absolute Gasteiger partial charge is 0.338 e. The highest BCUT2D eigenvalue weighted by Crippen LogP contribution is 2.20. The van der Waals surface area contributed by atoms with Gasteiger partial charge >= 0.3 is 17.0 Å². The molecule has 2 rings (SSSR count). The lowest BCUT2D eigenvalue weighted by Gasteiger charge is -2.18. The van der Waals surface area contributed by atoms with Gasteiger partial charge < -0.3 is 9.47 Å². The number of aromatic nitrogens is 1. The predicted octanol–water partition coefficient (Wildman–Crippen LogP) is 2.16. The quantitative estimate of drug-likeness (QED) is 0.870. The molecule has 0 unspecified atom stereocenters. The summed E-state index contributed by atoms with van der Waals surface area (Å²) in [7, 11) is 2.78. The maximum atomic E-state index is 12.3. The third kappa shape index (κ3) is 3.26. The van der Waals surface area contributed by atoms with Crippen LogP contribution in [0.2, 0.25) is 0 Å². The van der Waals surface area contributed by atoms with E-state index in [1.165, 1.54) is 4.57 Å². The van der Waals surface area contributed by atoms with Crippen LogP contribution in [-0.2, 0) is 18.3 Å². The second kappa shape index (κ2) is 5.51. The summed E-state index contributed by atoms with van der Waals surface area (Å²) >= 11 is 1.08. The van der Waals surface area contributed by atoms with E-state index in [0.717, 1.165) is 34.2 Å². The fourth-order valence-corrected chi connectivity index (χ4v) is 2.89. The summed E-state index contributed by atoms with van der Waals surface area (Å²) in [6.45, 7) is -0.0361. The van der Waals surface area contributed by atoms with Crippen LogP contribution in [0.15, 0.2) is 23.0 Å². The van der Waals surface area contributed by atoms with E-state index in [0.29, 0.717) is 11.3 Å². The summed E-state index contributed by atoms with van der Waals surface area (Å²) in [5.74, 6) is -1.85. The number of carbonyl (C=O) groups is 1. The van der Waals surface area contributed by atoms with E-state index < -0.39 is 12.1 Å². The Labute approximate surface area is 122 Å². The Balaban J connectivity index is 2.11. The summed E-state index contributed by atoms with van der Waals surface area (Å²) in [6, 6.07) is 5.28. The van der Waals surface area contributed by atoms with Crippen molar-refractivity contribution in [1.29, 1.82) is 0 Å². The molecule has 0 aliphatic rings. The number of thiazole rings is 1. The minimum atomic E-state index is -4.85. The maximum absolute atomic E-state index is 12.3. The molecule has 0 aliphatic heterocycles. The summed E-state index contributed by atoms with van der Waals surface area (Å²) in [5, 5.41) is 0. The third-order valence-electron chi connectivity index (χ3n) is 3.18. The number of hydrogen-bond donors (Lipinski definition) is 0. The first-order chi connectivity index (χ1) is 9.70. The molecule has 0 aliphatic carbocycles. The van der Waals surface area contributed by atoms with Gasteiger partial charge in [0, 0.05) is 20.6 Å². The van der Waals surface area contributed by atoms with Crippen molar-refractivity contribution < 1.29 is 18.0 Å². The molecule has 0 bridgehead atoms. The van der Waals surface area contributed by atoms with Crippen LogP contribution >= 0.6 is 11.3 Å². The van der Waals surface area contributed by atoms with Gasteiger partial charge in [0.25, 0.3) is 0 Å². The standard InChI is InChI=1S/C13H13F3N2O2S/c1-17(11(19)13(14,15)16)6-5-8-3-4-9-10(7-8)21-12(20)18(9)2/h3-4,7H,5-6H2,1-2H3. The van der Waals surface area contributed by atoms with Crippen LogP contribution < -0.4 is 4.87 Å². The molecule has 8 heteroatoms. The zero-order valence-electron chi connectivity index (χ0n) is 11.4. The second-order valence-electron chi connectivity index (χ2n) is 4.70. The lowest BCUT2D eigenvalue weighted by molar-refractivity contribution is -0.184. The fraction of sp³-hybridized carbons (Fsp3) is 0.385. The number of carbonyl (C=O) groups excluding carboxylic acids is 1. The van der Waals surface area contributed by atoms with Gasteiger partial charge in [0.1, 0.15) is 0 Å². The molecule has 0 N–H and O–H groups in total. The summed E-state index contributed by atoms with van der Waals surface area (Å²) in [5.41, 5.74) is 1.57. The topological polar surface area (TPSA) is 42.3 Å². The largest absolute Gasteiger partial charge is 0.471 e. The monoisotopic (exact) mass is 318 g/mol. The minimum absolute atomic E-state index is 0.0361. The Hall–Kier alpha value is -1.83. The molecule has 0 atom stereocenters. The minimum Gasteiger partial charge on any atom is -0.338 e. The molecule has 1 aromatic heterocycles. The summed E-state index contributed by atoms with van der Waals surface area (Å²) in [6.07, 6.45) is -4.55. The highest BCUT2D eigenvalue weighted by molar-refractivity contribution is 7.16. The highest BCUT2D eigenvalue weighted by Gasteiger charge is 2.40. The number of aryl methyl sites for hydroxylation is 1. The van der Waals surface area contributed by atoms with Gasteiger partial charge in [0.05, 0.1) is 10.2 Å². The Kier molecular flexibility index (Phi) is 4.08. The molecule has 21 heavy (non-hydrogen) atoms. The molecule has 0 saturated heterocycles. The second-order valence-corrected chi connectivity index (χ2v) is 5.70. The van der Waals surface area contributed by atoms with Gasteiger partial charge in [-0.25, -0.2) is 0 Å². The average Bonchev–Trinajstić information content (AvgIpc) is 2.69. The average molecular weight is 318 g/mol. The van der Waals surface area contributed by atoms with Gasteiger partial charge in [0.15, 0.2) is 0 Å². The Morgan fingerprint density at radius 1 is 1.38 bits per heavy atom. The van der Waals surface area contributed by atoms with Gasteiger partial charge in [-0.2, -0.15) is 13.2 Å². The van der Waals surface area contributed by atoms with Crippen molar-refractivity contribution in [2.24, 2.45) is 7.05 Å². The van der Waals surface area contributed by atoms with E-state index in [4.69, 9.17) is 0 Å². The van der Waals surface area contributed by atoms with E-state index in [1.54, 1.807) is 25.2 Å². The van der Waals surface area contributed by atoms with Crippen LogP contribution in [0.3, 0.4) is 0 Å². The van der Waals surface area contributed by atoms with Gasteiger partial charge in [-0.3, -0.25) is 9.59 Å². The van der Waals surface area contributed by atoms with E-state index in [2.05, 4.69) is 0 Å². The Morgan fingerprint density at radius 3 is 2.67 bits per heavy atom. The van der Waals surface area contributed by atoms with E-state index in [1.807, 2.05) is 0 Å². The Bertz CT molecular complexity index is 733. The molecule has 1 amide bonds. The third-order valence-corrected chi connectivity index (χ3v) is 4.18. The van der Waals surface area contributed by atoms with Crippen LogP contribution in [0.1, 0.15) is 5.56 Å². The fourth-order valence-electron chi connectivity index (χ4n) is 1.95. The van der Waals surface area contributed by atoms with E-state index in [-0.39, 0.29) is 11.4 Å². The SMILES string of the molecule is CN(CCc1ccc2c(c1)sc(=O)n2C)C(=O)C(F)(F)F. The van der Waals surface area contributed by atoms with Crippen molar-refractivity contribution in [2.45, 2.75) is 12.6 Å². The van der Waals surface area contributed by atoms with Crippen molar-refractivity contribution in [3.05, 3.63) is 33.4 Å². The first kappa shape index (κ1) is 15.6. The van der Waals surface area contributed by atoms with Crippen LogP contribution in [0.4, 0.5) is 13.2 Å². The molecule has 2 aromatic rings. The number of hydrogen-bond acceptors (Lipinski definition) is 3. The molecular weight excluding hydrogens is 305 g/mol. The van der Waals surface area contributed by atoms with Crippen LogP contribution in [-0.4, -0.2) is 35.1 Å². The highest BCUT2D eigenvalue weighted by atomic mass is 32.1. The van der Waals surface area contributed by atoms with Gasteiger partial charge in [-0.15, -0.1) is 0 Å². The zero-order valence-corrected chi connectivity index (χ0v) is 12.2. The number of nitrogens with zero attached hydrogens (tertiary/aromatic N) is 2. The van der Waals surface area contributed by atoms with Crippen molar-refractivity contribution in [3.63, 3.8) is 0 Å². The van der Waals surface area contributed by atoms with Crippen molar-refractivity contribution >= 4 is 27.5 Å². The Morgan fingerprint density at radius 2 is 2.05 bits per heavy atom. The number of amides is 1. The number of likely N-dealkylation sites (N-methyl/N-ethyl adjacent to an activating group) is 1. The molecule has 4 nitrogen and oxygen atoms in total. The number of rotatable bonds is 3. The van der Waals surface area contributed by atoms with Crippen molar-refractivity contribution in [2.75, 3.05) is 13.6 Å². The summed E-state index contributed by atoms with van der Waals surface area (Å²) < 4.78 is 39.1. The number of benzene rings is 1. The van der Waals surface area contributed by atoms with Gasteiger partial charge in [0.2, 0.25) is 0 Å². The molecule has 0 radical (unpaired) electrons. The number of halogens is 3. The van der Waals surface area contributed by atoms with Crippen LogP contribution in [0.5, 0.6) is 0 Å². The lowest BCUT2D eigenvalue weighted by atomic mass is 10.1. The normalized spacial score (nSPS) is 11.9. The van der Waals surface area contributed by atoms with E-state index in [9.17, 15) is 22.8 Å². The predicted molar refractivity (Wildman–Crippen MR) is 74.5 cm³/mol. The van der Waals surface area contributed by atoms with Crippen LogP contribution in [0.25, 0.3) is 10.2 Å². The van der Waals surface area contributed by atoms with Crippen molar-refractivity contribution in [3.8, 4) is 0 Å². The van der Waals surface area contributed by atoms with Crippen molar-refractivity contribution in [1.82, 2.24) is 9.47 Å². The maximum Gasteiger partial charge on any atom is 0.471 e. The zero-order chi connectivity index (χ0) is 15.8. The molecule has 1 heterocycles. The lowest BCUT2D eigenvalue weighted by Crippen LogP contribution is -2.39. The molecule has 0 fully saturated rings. The number of alkyl halides is 3.